The van der Waals surface area contributed by atoms with Gasteiger partial charge in [0.2, 0.25) is 0 Å². The smallest absolute Gasteiger partial charge is 0.0833 e. The molecule has 2 nitrogen and oxygen atoms in total. The van der Waals surface area contributed by atoms with E-state index < -0.39 is 6.10 Å². The van der Waals surface area contributed by atoms with Gasteiger partial charge in [0.25, 0.3) is 0 Å². The van der Waals surface area contributed by atoms with Crippen molar-refractivity contribution in [3.8, 4) is 0 Å². The Morgan fingerprint density at radius 3 is 2.42 bits per heavy atom. The van der Waals surface area contributed by atoms with Gasteiger partial charge in [-0.1, -0.05) is 72.8 Å². The first-order valence-corrected chi connectivity index (χ1v) is 9.20. The number of hydrogen-bond acceptors (Lipinski definition) is 1. The van der Waals surface area contributed by atoms with Crippen LogP contribution in [0, 0.1) is 5.92 Å². The van der Waals surface area contributed by atoms with E-state index in [0.29, 0.717) is 0 Å². The molecule has 0 fully saturated rings. The number of H-pyrrole nitrogens is 1. The van der Waals surface area contributed by atoms with Gasteiger partial charge in [0.1, 0.15) is 0 Å². The molecule has 0 radical (unpaired) electrons. The summed E-state index contributed by atoms with van der Waals surface area (Å²) < 4.78 is 0. The van der Waals surface area contributed by atoms with Gasteiger partial charge in [-0.2, -0.15) is 0 Å². The molecule has 0 aliphatic heterocycles. The Balaban J connectivity index is 1.67. The highest BCUT2D eigenvalue weighted by Gasteiger charge is 2.38. The first kappa shape index (κ1) is 15.4. The summed E-state index contributed by atoms with van der Waals surface area (Å²) in [7, 11) is 0. The van der Waals surface area contributed by atoms with Gasteiger partial charge in [0.15, 0.2) is 0 Å². The molecular weight excluding hydrogens is 318 g/mol. The zero-order valence-corrected chi connectivity index (χ0v) is 14.5. The number of nitrogens with one attached hydrogen (secondary N) is 1. The summed E-state index contributed by atoms with van der Waals surface area (Å²) in [5, 5.41) is 12.4. The van der Waals surface area contributed by atoms with Crippen LogP contribution >= 0.6 is 0 Å². The van der Waals surface area contributed by atoms with Crippen LogP contribution in [-0.4, -0.2) is 10.1 Å². The van der Waals surface area contributed by atoms with Gasteiger partial charge in [0.05, 0.1) is 6.10 Å². The monoisotopic (exact) mass is 339 g/mol. The third-order valence-corrected chi connectivity index (χ3v) is 5.78. The first-order chi connectivity index (χ1) is 12.8. The molecule has 0 saturated carbocycles. The van der Waals surface area contributed by atoms with Gasteiger partial charge in [-0.15, -0.1) is 0 Å². The molecule has 0 saturated heterocycles. The molecule has 2 N–H and O–H groups in total. The van der Waals surface area contributed by atoms with Crippen molar-refractivity contribution < 1.29 is 5.11 Å². The average Bonchev–Trinajstić information content (AvgIpc) is 3.26. The van der Waals surface area contributed by atoms with Crippen LogP contribution in [0.15, 0.2) is 85.1 Å². The summed E-state index contributed by atoms with van der Waals surface area (Å²) in [4.78, 5) is 3.42. The second-order valence-electron chi connectivity index (χ2n) is 7.19. The lowest BCUT2D eigenvalue weighted by molar-refractivity contribution is 0.114. The predicted molar refractivity (Wildman–Crippen MR) is 105 cm³/mol. The van der Waals surface area contributed by atoms with Crippen molar-refractivity contribution in [2.75, 3.05) is 0 Å². The number of para-hydroxylation sites is 1. The Morgan fingerprint density at radius 2 is 1.58 bits per heavy atom. The van der Waals surface area contributed by atoms with E-state index in [1.807, 2.05) is 6.07 Å². The summed E-state index contributed by atoms with van der Waals surface area (Å²) in [6, 6.07) is 27.3. The Morgan fingerprint density at radius 1 is 0.846 bits per heavy atom. The lowest BCUT2D eigenvalue weighted by Gasteiger charge is -2.27. The highest BCUT2D eigenvalue weighted by Crippen LogP contribution is 2.47. The van der Waals surface area contributed by atoms with Crippen molar-refractivity contribution in [2.24, 2.45) is 5.92 Å². The third kappa shape index (κ3) is 2.38. The average molecular weight is 339 g/mol. The molecule has 26 heavy (non-hydrogen) atoms. The number of aromatic amines is 1. The Hall–Kier alpha value is -2.84. The van der Waals surface area contributed by atoms with Crippen LogP contribution < -0.4 is 0 Å². The minimum atomic E-state index is -0.440. The number of aliphatic hydroxyl groups is 1. The largest absolute Gasteiger partial charge is 0.388 e. The molecule has 5 rings (SSSR count). The second kappa shape index (κ2) is 6.15. The van der Waals surface area contributed by atoms with Crippen molar-refractivity contribution in [3.05, 3.63) is 107 Å². The van der Waals surface area contributed by atoms with Crippen molar-refractivity contribution in [1.82, 2.24) is 4.98 Å². The zero-order chi connectivity index (χ0) is 17.5. The SMILES string of the molecule is O[C@@H]1c2ccccc2C[C@H]1[C@H](c1ccccc1)c1c[nH]c2ccccc12. The number of aliphatic hydroxyl groups excluding tert-OH is 1. The Labute approximate surface area is 153 Å². The van der Waals surface area contributed by atoms with Crippen LogP contribution in [0.4, 0.5) is 0 Å². The quantitative estimate of drug-likeness (QED) is 0.528. The highest BCUT2D eigenvalue weighted by molar-refractivity contribution is 5.84. The van der Waals surface area contributed by atoms with E-state index in [1.54, 1.807) is 0 Å². The molecule has 0 unspecified atom stereocenters. The second-order valence-corrected chi connectivity index (χ2v) is 7.19. The van der Waals surface area contributed by atoms with Gasteiger partial charge in [-0.25, -0.2) is 0 Å². The maximum absolute atomic E-state index is 11.1. The zero-order valence-electron chi connectivity index (χ0n) is 14.5. The van der Waals surface area contributed by atoms with Gasteiger partial charge < -0.3 is 10.1 Å². The van der Waals surface area contributed by atoms with E-state index in [9.17, 15) is 5.11 Å². The van der Waals surface area contributed by atoms with Crippen LogP contribution in [0.5, 0.6) is 0 Å². The molecule has 3 aromatic carbocycles. The maximum atomic E-state index is 11.1. The fourth-order valence-corrected chi connectivity index (χ4v) is 4.57. The Bertz CT molecular complexity index is 1050. The lowest BCUT2D eigenvalue weighted by atomic mass is 9.78. The molecule has 1 heterocycles. The van der Waals surface area contributed by atoms with E-state index >= 15 is 0 Å². The lowest BCUT2D eigenvalue weighted by Crippen LogP contribution is -2.18. The van der Waals surface area contributed by atoms with Crippen molar-refractivity contribution >= 4 is 10.9 Å². The normalized spacial score (nSPS) is 20.2. The van der Waals surface area contributed by atoms with Crippen molar-refractivity contribution in [1.29, 1.82) is 0 Å². The van der Waals surface area contributed by atoms with Crippen LogP contribution in [0.1, 0.15) is 34.3 Å². The third-order valence-electron chi connectivity index (χ3n) is 5.78. The fraction of sp³-hybridized carbons (Fsp3) is 0.167. The fourth-order valence-electron chi connectivity index (χ4n) is 4.57. The number of rotatable bonds is 3. The van der Waals surface area contributed by atoms with Crippen LogP contribution in [0.2, 0.25) is 0 Å². The molecule has 3 atom stereocenters. The van der Waals surface area contributed by atoms with Gasteiger partial charge in [-0.05, 0) is 34.7 Å². The van der Waals surface area contributed by atoms with Crippen molar-refractivity contribution in [3.63, 3.8) is 0 Å². The topological polar surface area (TPSA) is 36.0 Å². The summed E-state index contributed by atoms with van der Waals surface area (Å²) in [5.74, 6) is 0.281. The summed E-state index contributed by atoms with van der Waals surface area (Å²) >= 11 is 0. The molecular formula is C24H21NO. The molecule has 1 aromatic heterocycles. The molecule has 0 spiro atoms. The summed E-state index contributed by atoms with van der Waals surface area (Å²) in [6.45, 7) is 0. The molecule has 128 valence electrons. The van der Waals surface area contributed by atoms with Crippen LogP contribution in [0.25, 0.3) is 10.9 Å². The summed E-state index contributed by atoms with van der Waals surface area (Å²) in [5.41, 5.74) is 6.02. The van der Waals surface area contributed by atoms with Crippen LogP contribution in [0.3, 0.4) is 0 Å². The van der Waals surface area contributed by atoms with E-state index in [1.165, 1.54) is 22.1 Å². The summed E-state index contributed by atoms with van der Waals surface area (Å²) in [6.07, 6.45) is 2.58. The van der Waals surface area contributed by atoms with E-state index in [4.69, 9.17) is 0 Å². The number of fused-ring (bicyclic) bond motifs is 2. The predicted octanol–water partition coefficient (Wildman–Crippen LogP) is 5.21. The number of hydrogen-bond donors (Lipinski definition) is 2. The standard InChI is InChI=1S/C24H21NO/c26-24-18-11-5-4-10-17(18)14-20(24)23(16-8-2-1-3-9-16)21-15-25-22-13-7-6-12-19(21)22/h1-13,15,20,23-26H,14H2/t20-,23-,24+/m0/s1. The van der Waals surface area contributed by atoms with Gasteiger partial charge >= 0.3 is 0 Å². The molecule has 1 aliphatic rings. The minimum Gasteiger partial charge on any atom is -0.388 e. The Kier molecular flexibility index (Phi) is 3.65. The molecule has 0 amide bonds. The van der Waals surface area contributed by atoms with E-state index in [-0.39, 0.29) is 11.8 Å². The van der Waals surface area contributed by atoms with E-state index in [0.717, 1.165) is 17.5 Å². The van der Waals surface area contributed by atoms with Gasteiger partial charge in [0, 0.05) is 28.9 Å². The van der Waals surface area contributed by atoms with Crippen LogP contribution in [-0.2, 0) is 6.42 Å². The van der Waals surface area contributed by atoms with Crippen molar-refractivity contribution in [2.45, 2.75) is 18.4 Å². The number of benzene rings is 3. The minimum absolute atomic E-state index is 0.133. The van der Waals surface area contributed by atoms with E-state index in [2.05, 4.69) is 84.0 Å². The molecule has 4 aromatic rings. The molecule has 0 bridgehead atoms. The highest BCUT2D eigenvalue weighted by atomic mass is 16.3. The molecule has 1 aliphatic carbocycles. The molecule has 2 heteroatoms. The first-order valence-electron chi connectivity index (χ1n) is 9.20. The maximum Gasteiger partial charge on any atom is 0.0833 e. The number of aromatic nitrogens is 1. The van der Waals surface area contributed by atoms with Gasteiger partial charge in [-0.3, -0.25) is 0 Å².